The first-order valence-corrected chi connectivity index (χ1v) is 7.78. The van der Waals surface area contributed by atoms with Crippen molar-refractivity contribution in [3.05, 3.63) is 75.5 Å². The zero-order valence-corrected chi connectivity index (χ0v) is 13.3. The topological polar surface area (TPSA) is 50.9 Å². The second-order valence-corrected chi connectivity index (χ2v) is 5.90. The zero-order chi connectivity index (χ0) is 16.0. The number of hydrogen-bond donors (Lipinski definition) is 1. The molecule has 4 nitrogen and oxygen atoms in total. The Hall–Kier alpha value is -2.66. The minimum atomic E-state index is -0.289. The lowest BCUT2D eigenvalue weighted by molar-refractivity contribution is 0.459. The van der Waals surface area contributed by atoms with Crippen molar-refractivity contribution in [1.29, 1.82) is 0 Å². The smallest absolute Gasteiger partial charge is 0.262 e. The molecule has 23 heavy (non-hydrogen) atoms. The van der Waals surface area contributed by atoms with Gasteiger partial charge in [-0.05, 0) is 43.4 Å². The van der Waals surface area contributed by atoms with Crippen molar-refractivity contribution in [1.82, 2.24) is 9.55 Å². The van der Waals surface area contributed by atoms with Crippen LogP contribution < -0.4 is 5.56 Å². The van der Waals surface area contributed by atoms with E-state index < -0.39 is 0 Å². The third-order valence-electron chi connectivity index (χ3n) is 4.08. The largest absolute Gasteiger partial charge is 0.459 e. The molecule has 0 fully saturated rings. The molecule has 0 saturated carbocycles. The van der Waals surface area contributed by atoms with Crippen molar-refractivity contribution in [3.8, 4) is 0 Å². The summed E-state index contributed by atoms with van der Waals surface area (Å²) in [4.78, 5) is 15.9. The summed E-state index contributed by atoms with van der Waals surface area (Å²) in [5.41, 5.74) is 1.44. The van der Waals surface area contributed by atoms with E-state index >= 15 is 0 Å². The molecule has 0 aliphatic heterocycles. The van der Waals surface area contributed by atoms with Crippen LogP contribution in [0.15, 0.2) is 63.8 Å². The van der Waals surface area contributed by atoms with Gasteiger partial charge < -0.3 is 9.40 Å². The Labute approximate surface area is 137 Å². The summed E-state index contributed by atoms with van der Waals surface area (Å²) < 4.78 is 7.84. The van der Waals surface area contributed by atoms with Gasteiger partial charge in [0.05, 0.1) is 16.9 Å². The highest BCUT2D eigenvalue weighted by molar-refractivity contribution is 7.71. The predicted molar refractivity (Wildman–Crippen MR) is 93.4 cm³/mol. The monoisotopic (exact) mass is 322 g/mol. The van der Waals surface area contributed by atoms with E-state index in [4.69, 9.17) is 16.6 Å². The van der Waals surface area contributed by atoms with Crippen molar-refractivity contribution >= 4 is 34.1 Å². The third-order valence-corrected chi connectivity index (χ3v) is 4.38. The average Bonchev–Trinajstić information content (AvgIpc) is 2.99. The van der Waals surface area contributed by atoms with Crippen LogP contribution in [0.4, 0.5) is 0 Å². The first-order chi connectivity index (χ1) is 11.1. The number of furan rings is 1. The number of fused-ring (bicyclic) bond motifs is 2. The highest BCUT2D eigenvalue weighted by Gasteiger charge is 2.17. The highest BCUT2D eigenvalue weighted by Crippen LogP contribution is 2.25. The summed E-state index contributed by atoms with van der Waals surface area (Å²) in [5.74, 6) is 0.711. The lowest BCUT2D eigenvalue weighted by atomic mass is 10.2. The SMILES string of the molecule is C[C@@H](c1cc2ccccc2o1)n1c(=S)[nH]c2ccccc2c1=O. The molecule has 114 valence electrons. The molecule has 0 radical (unpaired) electrons. The highest BCUT2D eigenvalue weighted by atomic mass is 32.1. The molecule has 0 spiro atoms. The maximum absolute atomic E-state index is 12.8. The molecule has 2 heterocycles. The summed E-state index contributed by atoms with van der Waals surface area (Å²) in [6, 6.07) is 16.8. The van der Waals surface area contributed by atoms with Crippen LogP contribution in [-0.2, 0) is 0 Å². The van der Waals surface area contributed by atoms with Crippen molar-refractivity contribution in [2.45, 2.75) is 13.0 Å². The summed E-state index contributed by atoms with van der Waals surface area (Å²) in [5, 5.41) is 1.63. The fourth-order valence-electron chi connectivity index (χ4n) is 2.86. The molecule has 4 rings (SSSR count). The van der Waals surface area contributed by atoms with Gasteiger partial charge in [0, 0.05) is 5.39 Å². The van der Waals surface area contributed by atoms with E-state index in [-0.39, 0.29) is 11.6 Å². The normalized spacial score (nSPS) is 12.7. The predicted octanol–water partition coefficient (Wildman–Crippen LogP) is 4.41. The molecule has 5 heteroatoms. The average molecular weight is 322 g/mol. The number of rotatable bonds is 2. The minimum Gasteiger partial charge on any atom is -0.459 e. The Morgan fingerprint density at radius 1 is 1.13 bits per heavy atom. The Balaban J connectivity index is 1.94. The standard InChI is InChI=1S/C18H14N2O2S/c1-11(16-10-12-6-2-5-9-15(12)22-16)20-17(21)13-7-3-4-8-14(13)19-18(20)23/h2-11H,1H3,(H,19,23)/t11-/m0/s1. The van der Waals surface area contributed by atoms with Crippen LogP contribution in [0.3, 0.4) is 0 Å². The van der Waals surface area contributed by atoms with Gasteiger partial charge in [0.15, 0.2) is 4.77 Å². The second-order valence-electron chi connectivity index (χ2n) is 5.51. The number of aromatic amines is 1. The number of hydrogen-bond acceptors (Lipinski definition) is 3. The number of aromatic nitrogens is 2. The van der Waals surface area contributed by atoms with Crippen LogP contribution in [0.1, 0.15) is 18.7 Å². The fourth-order valence-corrected chi connectivity index (χ4v) is 3.21. The lowest BCUT2D eigenvalue weighted by Crippen LogP contribution is -2.25. The van der Waals surface area contributed by atoms with Crippen LogP contribution in [-0.4, -0.2) is 9.55 Å². The minimum absolute atomic E-state index is 0.114. The van der Waals surface area contributed by atoms with Crippen molar-refractivity contribution in [2.24, 2.45) is 0 Å². The fraction of sp³-hybridized carbons (Fsp3) is 0.111. The van der Waals surface area contributed by atoms with E-state index in [2.05, 4.69) is 4.98 Å². The molecular weight excluding hydrogens is 308 g/mol. The molecular formula is C18H14N2O2S. The summed E-state index contributed by atoms with van der Waals surface area (Å²) in [6.07, 6.45) is 0. The summed E-state index contributed by atoms with van der Waals surface area (Å²) in [6.45, 7) is 1.91. The van der Waals surface area contributed by atoms with E-state index in [9.17, 15) is 4.79 Å². The number of nitrogens with zero attached hydrogens (tertiary/aromatic N) is 1. The van der Waals surface area contributed by atoms with Gasteiger partial charge in [-0.15, -0.1) is 0 Å². The van der Waals surface area contributed by atoms with Crippen molar-refractivity contribution in [2.75, 3.05) is 0 Å². The van der Waals surface area contributed by atoms with Crippen LogP contribution in [0.2, 0.25) is 0 Å². The van der Waals surface area contributed by atoms with Gasteiger partial charge in [0.1, 0.15) is 11.3 Å². The van der Waals surface area contributed by atoms with Crippen LogP contribution in [0, 0.1) is 4.77 Å². The van der Waals surface area contributed by atoms with Gasteiger partial charge in [0.25, 0.3) is 5.56 Å². The lowest BCUT2D eigenvalue weighted by Gasteiger charge is -2.13. The van der Waals surface area contributed by atoms with Crippen LogP contribution in [0.25, 0.3) is 21.9 Å². The van der Waals surface area contributed by atoms with Gasteiger partial charge in [0.2, 0.25) is 0 Å². The first kappa shape index (κ1) is 14.0. The second kappa shape index (κ2) is 5.21. The van der Waals surface area contributed by atoms with E-state index in [1.54, 1.807) is 10.6 Å². The molecule has 0 amide bonds. The molecule has 2 aromatic carbocycles. The maximum atomic E-state index is 12.8. The molecule has 1 N–H and O–H groups in total. The van der Waals surface area contributed by atoms with E-state index in [1.807, 2.05) is 55.5 Å². The Kier molecular flexibility index (Phi) is 3.16. The Morgan fingerprint density at radius 2 is 1.87 bits per heavy atom. The number of nitrogens with one attached hydrogen (secondary N) is 1. The van der Waals surface area contributed by atoms with Gasteiger partial charge in [-0.2, -0.15) is 0 Å². The first-order valence-electron chi connectivity index (χ1n) is 7.37. The van der Waals surface area contributed by atoms with Crippen molar-refractivity contribution < 1.29 is 4.42 Å². The van der Waals surface area contributed by atoms with Gasteiger partial charge >= 0.3 is 0 Å². The number of H-pyrrole nitrogens is 1. The molecule has 0 bridgehead atoms. The quantitative estimate of drug-likeness (QED) is 0.556. The molecule has 0 saturated heterocycles. The summed E-state index contributed by atoms with van der Waals surface area (Å²) >= 11 is 5.39. The van der Waals surface area contributed by atoms with E-state index in [0.29, 0.717) is 15.9 Å². The molecule has 4 aromatic rings. The van der Waals surface area contributed by atoms with E-state index in [1.165, 1.54) is 0 Å². The van der Waals surface area contributed by atoms with Gasteiger partial charge in [-0.1, -0.05) is 30.3 Å². The summed E-state index contributed by atoms with van der Waals surface area (Å²) in [7, 11) is 0. The molecule has 1 atom stereocenters. The van der Waals surface area contributed by atoms with Gasteiger partial charge in [-0.3, -0.25) is 9.36 Å². The van der Waals surface area contributed by atoms with Crippen molar-refractivity contribution in [3.63, 3.8) is 0 Å². The third kappa shape index (κ3) is 2.21. The molecule has 0 aliphatic rings. The molecule has 0 aliphatic carbocycles. The molecule has 0 unspecified atom stereocenters. The van der Waals surface area contributed by atoms with Gasteiger partial charge in [-0.25, -0.2) is 0 Å². The molecule has 2 aromatic heterocycles. The maximum Gasteiger partial charge on any atom is 0.262 e. The number of para-hydroxylation sites is 2. The van der Waals surface area contributed by atoms with Crippen LogP contribution >= 0.6 is 12.2 Å². The number of benzene rings is 2. The zero-order valence-electron chi connectivity index (χ0n) is 12.4. The Morgan fingerprint density at radius 3 is 2.70 bits per heavy atom. The van der Waals surface area contributed by atoms with Crippen LogP contribution in [0.5, 0.6) is 0 Å². The Bertz CT molecular complexity index is 1100. The van der Waals surface area contributed by atoms with E-state index in [0.717, 1.165) is 16.5 Å².